The van der Waals surface area contributed by atoms with Crippen molar-refractivity contribution in [2.75, 3.05) is 32.7 Å². The van der Waals surface area contributed by atoms with Crippen LogP contribution < -0.4 is 5.73 Å². The van der Waals surface area contributed by atoms with Gasteiger partial charge in [-0.1, -0.05) is 6.07 Å². The van der Waals surface area contributed by atoms with Gasteiger partial charge in [0, 0.05) is 50.4 Å². The molecule has 0 saturated carbocycles. The molecule has 1 aliphatic heterocycles. The van der Waals surface area contributed by atoms with E-state index in [9.17, 15) is 8.78 Å². The number of hydrogen-bond acceptors (Lipinski definition) is 3. The number of benzene rings is 1. The van der Waals surface area contributed by atoms with E-state index in [0.717, 1.165) is 32.2 Å². The Balaban J connectivity index is 2.09. The van der Waals surface area contributed by atoms with Crippen molar-refractivity contribution in [1.29, 1.82) is 0 Å². The van der Waals surface area contributed by atoms with Crippen LogP contribution in [0, 0.1) is 11.6 Å². The van der Waals surface area contributed by atoms with E-state index in [1.807, 2.05) is 0 Å². The first kappa shape index (κ1) is 15.4. The maximum Gasteiger partial charge on any atom is 0.130 e. The zero-order valence-electron chi connectivity index (χ0n) is 12.1. The molecule has 1 atom stereocenters. The molecule has 2 N–H and O–H groups in total. The lowest BCUT2D eigenvalue weighted by Gasteiger charge is -2.40. The molecule has 0 bridgehead atoms. The molecule has 3 nitrogen and oxygen atoms in total. The molecule has 0 amide bonds. The van der Waals surface area contributed by atoms with Crippen LogP contribution in [0.25, 0.3) is 0 Å². The normalized spacial score (nSPS) is 19.5. The highest BCUT2D eigenvalue weighted by atomic mass is 19.1. The zero-order chi connectivity index (χ0) is 14.7. The van der Waals surface area contributed by atoms with Crippen LogP contribution in [0.15, 0.2) is 18.2 Å². The maximum atomic E-state index is 13.9. The lowest BCUT2D eigenvalue weighted by molar-refractivity contribution is 0.0790. The number of hydrogen-bond donors (Lipinski definition) is 1. The quantitative estimate of drug-likeness (QED) is 0.917. The van der Waals surface area contributed by atoms with E-state index in [1.54, 1.807) is 0 Å². The third kappa shape index (κ3) is 3.34. The van der Waals surface area contributed by atoms with Gasteiger partial charge in [-0.2, -0.15) is 0 Å². The summed E-state index contributed by atoms with van der Waals surface area (Å²) in [5.41, 5.74) is 6.31. The predicted molar refractivity (Wildman–Crippen MR) is 76.4 cm³/mol. The van der Waals surface area contributed by atoms with Gasteiger partial charge in [0.1, 0.15) is 11.6 Å². The second kappa shape index (κ2) is 6.61. The van der Waals surface area contributed by atoms with Gasteiger partial charge in [-0.15, -0.1) is 0 Å². The van der Waals surface area contributed by atoms with E-state index in [1.165, 1.54) is 12.1 Å². The Labute approximate surface area is 119 Å². The second-order valence-corrected chi connectivity index (χ2v) is 5.58. The molecule has 1 aromatic rings. The topological polar surface area (TPSA) is 32.5 Å². The first-order valence-corrected chi connectivity index (χ1v) is 7.16. The van der Waals surface area contributed by atoms with Gasteiger partial charge in [0.25, 0.3) is 0 Å². The van der Waals surface area contributed by atoms with Gasteiger partial charge >= 0.3 is 0 Å². The van der Waals surface area contributed by atoms with Gasteiger partial charge < -0.3 is 5.73 Å². The summed E-state index contributed by atoms with van der Waals surface area (Å²) in [5, 5.41) is 0. The van der Waals surface area contributed by atoms with Crippen molar-refractivity contribution in [2.24, 2.45) is 5.73 Å². The van der Waals surface area contributed by atoms with Crippen LogP contribution in [0.1, 0.15) is 25.5 Å². The molecule has 0 spiro atoms. The molecule has 112 valence electrons. The summed E-state index contributed by atoms with van der Waals surface area (Å²) < 4.78 is 26.9. The molecule has 1 heterocycles. The highest BCUT2D eigenvalue weighted by Crippen LogP contribution is 2.24. The van der Waals surface area contributed by atoms with Crippen LogP contribution in [-0.2, 0) is 0 Å². The molecule has 0 radical (unpaired) electrons. The lowest BCUT2D eigenvalue weighted by atomic mass is 10.0. The molecule has 5 heteroatoms. The van der Waals surface area contributed by atoms with Gasteiger partial charge in [0.15, 0.2) is 0 Å². The highest BCUT2D eigenvalue weighted by Gasteiger charge is 2.26. The smallest absolute Gasteiger partial charge is 0.130 e. The largest absolute Gasteiger partial charge is 0.329 e. The Bertz CT molecular complexity index is 443. The molecule has 1 unspecified atom stereocenters. The maximum absolute atomic E-state index is 13.9. The molecule has 0 aromatic heterocycles. The van der Waals surface area contributed by atoms with Crippen molar-refractivity contribution >= 4 is 0 Å². The van der Waals surface area contributed by atoms with Crippen molar-refractivity contribution < 1.29 is 8.78 Å². The monoisotopic (exact) mass is 283 g/mol. The van der Waals surface area contributed by atoms with E-state index in [2.05, 4.69) is 23.6 Å². The fraction of sp³-hybridized carbons (Fsp3) is 0.600. The van der Waals surface area contributed by atoms with Crippen LogP contribution in [0.4, 0.5) is 8.78 Å². The molecule has 2 rings (SSSR count). The predicted octanol–water partition coefficient (Wildman–Crippen LogP) is 1.99. The molecule has 1 aromatic carbocycles. The number of piperazine rings is 1. The van der Waals surface area contributed by atoms with Gasteiger partial charge in [-0.3, -0.25) is 9.80 Å². The summed E-state index contributed by atoms with van der Waals surface area (Å²) >= 11 is 0. The average molecular weight is 283 g/mol. The Morgan fingerprint density at radius 2 is 1.70 bits per heavy atom. The molecule has 1 saturated heterocycles. The minimum Gasteiger partial charge on any atom is -0.329 e. The molecular formula is C15H23F2N3. The summed E-state index contributed by atoms with van der Waals surface area (Å²) in [6, 6.07) is 4.09. The number of rotatable bonds is 4. The first-order chi connectivity index (χ1) is 9.52. The molecule has 1 fully saturated rings. The summed E-state index contributed by atoms with van der Waals surface area (Å²) in [6.07, 6.45) is 0. The Morgan fingerprint density at radius 3 is 2.20 bits per heavy atom. The Morgan fingerprint density at radius 1 is 1.10 bits per heavy atom. The number of nitrogens with zero attached hydrogens (tertiary/aromatic N) is 2. The van der Waals surface area contributed by atoms with Crippen molar-refractivity contribution in [1.82, 2.24) is 9.80 Å². The molecule has 0 aliphatic carbocycles. The minimum absolute atomic E-state index is 0.176. The van der Waals surface area contributed by atoms with E-state index in [0.29, 0.717) is 18.2 Å². The average Bonchev–Trinajstić information content (AvgIpc) is 2.42. The van der Waals surface area contributed by atoms with Gasteiger partial charge in [-0.05, 0) is 19.9 Å². The summed E-state index contributed by atoms with van der Waals surface area (Å²) in [4.78, 5) is 4.58. The van der Waals surface area contributed by atoms with Crippen molar-refractivity contribution in [3.63, 3.8) is 0 Å². The molecule has 20 heavy (non-hydrogen) atoms. The fourth-order valence-corrected chi connectivity index (χ4v) is 2.81. The highest BCUT2D eigenvalue weighted by molar-refractivity contribution is 5.23. The zero-order valence-corrected chi connectivity index (χ0v) is 12.1. The van der Waals surface area contributed by atoms with E-state index in [-0.39, 0.29) is 6.04 Å². The second-order valence-electron chi connectivity index (χ2n) is 5.58. The molecular weight excluding hydrogens is 260 g/mol. The van der Waals surface area contributed by atoms with Crippen LogP contribution >= 0.6 is 0 Å². The van der Waals surface area contributed by atoms with E-state index in [4.69, 9.17) is 5.73 Å². The van der Waals surface area contributed by atoms with Gasteiger partial charge in [0.05, 0.1) is 6.04 Å². The van der Waals surface area contributed by atoms with Crippen molar-refractivity contribution in [2.45, 2.75) is 25.9 Å². The number of nitrogens with two attached hydrogens (primary N) is 1. The van der Waals surface area contributed by atoms with E-state index < -0.39 is 11.6 Å². The Kier molecular flexibility index (Phi) is 5.07. The van der Waals surface area contributed by atoms with E-state index >= 15 is 0 Å². The van der Waals surface area contributed by atoms with Crippen LogP contribution in [0.3, 0.4) is 0 Å². The first-order valence-electron chi connectivity index (χ1n) is 7.16. The fourth-order valence-electron chi connectivity index (χ4n) is 2.81. The minimum atomic E-state index is -0.549. The van der Waals surface area contributed by atoms with Crippen LogP contribution in [0.5, 0.6) is 0 Å². The van der Waals surface area contributed by atoms with Gasteiger partial charge in [0.2, 0.25) is 0 Å². The summed E-state index contributed by atoms with van der Waals surface area (Å²) in [6.45, 7) is 8.32. The van der Waals surface area contributed by atoms with Crippen LogP contribution in [-0.4, -0.2) is 48.6 Å². The third-order valence-corrected chi connectivity index (χ3v) is 4.06. The standard InChI is InChI=1S/C15H23F2N3/c1-11(2)19-5-7-20(8-6-19)15(10-18)13-4-3-12(16)9-14(13)17/h3-4,9,11,15H,5-8,10,18H2,1-2H3. The lowest BCUT2D eigenvalue weighted by Crippen LogP contribution is -2.51. The SMILES string of the molecule is CC(C)N1CCN(C(CN)c2ccc(F)cc2F)CC1. The van der Waals surface area contributed by atoms with Crippen molar-refractivity contribution in [3.8, 4) is 0 Å². The van der Waals surface area contributed by atoms with Gasteiger partial charge in [-0.25, -0.2) is 8.78 Å². The Hall–Kier alpha value is -1.04. The molecule has 1 aliphatic rings. The summed E-state index contributed by atoms with van der Waals surface area (Å²) in [7, 11) is 0. The number of halogens is 2. The summed E-state index contributed by atoms with van der Waals surface area (Å²) in [5.74, 6) is -1.06. The van der Waals surface area contributed by atoms with Crippen molar-refractivity contribution in [3.05, 3.63) is 35.4 Å². The van der Waals surface area contributed by atoms with Crippen LogP contribution in [0.2, 0.25) is 0 Å². The third-order valence-electron chi connectivity index (χ3n) is 4.06.